The Bertz CT molecular complexity index is 537. The highest BCUT2D eigenvalue weighted by Crippen LogP contribution is 2.25. The van der Waals surface area contributed by atoms with Crippen molar-refractivity contribution in [3.05, 3.63) is 39.4 Å². The monoisotopic (exact) mass is 311 g/mol. The number of hydrogen-bond acceptors (Lipinski definition) is 4. The molecule has 0 unspecified atom stereocenters. The molecule has 0 aliphatic carbocycles. The Morgan fingerprint density at radius 1 is 1.41 bits per heavy atom. The lowest BCUT2D eigenvalue weighted by Gasteiger charge is -2.28. The van der Waals surface area contributed by atoms with E-state index < -0.39 is 5.09 Å². The minimum atomic E-state index is -1.50. The Hall–Kier alpha value is -2.84. The molecule has 1 aromatic carbocycles. The number of para-hydroxylation sites is 1. The average Bonchev–Trinajstić information content (AvgIpc) is 2.40. The zero-order valence-corrected chi connectivity index (χ0v) is 13.0. The fourth-order valence-electron chi connectivity index (χ4n) is 1.90. The van der Waals surface area contributed by atoms with Crippen LogP contribution in [0.15, 0.2) is 18.2 Å². The van der Waals surface area contributed by atoms with E-state index in [1.165, 1.54) is 7.05 Å². The summed E-state index contributed by atoms with van der Waals surface area (Å²) in [5.41, 5.74) is 8.29. The van der Waals surface area contributed by atoms with E-state index in [4.69, 9.17) is 26.5 Å². The van der Waals surface area contributed by atoms with Crippen LogP contribution >= 0.6 is 0 Å². The standard InChI is InChI=1S/C13H20N4O.HNO3/c1-5-17(13(18)16(4)12(14)15)11-9(2)7-6-8-10(11)3;2-1(3)4/h6-8H,5H2,1-4H3,(H3,14,15);(H,2,3,4). The molecule has 1 aromatic rings. The molecule has 0 heterocycles. The average molecular weight is 311 g/mol. The highest BCUT2D eigenvalue weighted by atomic mass is 16.9. The number of nitrogens with one attached hydrogen (secondary N) is 1. The molecule has 9 heteroatoms. The van der Waals surface area contributed by atoms with Crippen LogP contribution < -0.4 is 10.6 Å². The maximum atomic E-state index is 12.3. The highest BCUT2D eigenvalue weighted by Gasteiger charge is 2.22. The zero-order chi connectivity index (χ0) is 17.4. The van der Waals surface area contributed by atoms with Crippen molar-refractivity contribution in [2.75, 3.05) is 18.5 Å². The van der Waals surface area contributed by atoms with Gasteiger partial charge in [0.1, 0.15) is 0 Å². The molecule has 22 heavy (non-hydrogen) atoms. The second-order valence-corrected chi connectivity index (χ2v) is 4.45. The van der Waals surface area contributed by atoms with Crippen LogP contribution in [0.3, 0.4) is 0 Å². The topological polar surface area (TPSA) is 137 Å². The molecule has 0 fully saturated rings. The van der Waals surface area contributed by atoms with Crippen LogP contribution in [-0.4, -0.2) is 40.8 Å². The largest absolute Gasteiger partial charge is 0.370 e. The molecule has 1 rings (SSSR count). The molecule has 0 spiro atoms. The summed E-state index contributed by atoms with van der Waals surface area (Å²) >= 11 is 0. The van der Waals surface area contributed by atoms with Crippen LogP contribution in [0, 0.1) is 29.4 Å². The van der Waals surface area contributed by atoms with Crippen molar-refractivity contribution in [3.8, 4) is 0 Å². The molecule has 0 aromatic heterocycles. The third-order valence-electron chi connectivity index (χ3n) is 2.90. The summed E-state index contributed by atoms with van der Waals surface area (Å²) in [5, 5.41) is 21.0. The Balaban J connectivity index is 0.000000980. The number of aryl methyl sites for hydroxylation is 2. The maximum Gasteiger partial charge on any atom is 0.331 e. The molecule has 0 saturated carbocycles. The molecule has 0 bridgehead atoms. The van der Waals surface area contributed by atoms with Gasteiger partial charge in [0, 0.05) is 13.6 Å². The van der Waals surface area contributed by atoms with Crippen LogP contribution in [0.25, 0.3) is 0 Å². The van der Waals surface area contributed by atoms with Gasteiger partial charge in [-0.1, -0.05) is 18.2 Å². The van der Waals surface area contributed by atoms with Gasteiger partial charge in [-0.05, 0) is 31.9 Å². The molecule has 0 aliphatic heterocycles. The Labute approximate surface area is 128 Å². The van der Waals surface area contributed by atoms with Crippen molar-refractivity contribution in [3.63, 3.8) is 0 Å². The Morgan fingerprint density at radius 3 is 2.14 bits per heavy atom. The Kier molecular flexibility index (Phi) is 7.36. The number of nitrogens with two attached hydrogens (primary N) is 1. The molecule has 0 saturated heterocycles. The number of urea groups is 1. The number of anilines is 1. The van der Waals surface area contributed by atoms with Crippen molar-refractivity contribution >= 4 is 17.7 Å². The van der Waals surface area contributed by atoms with E-state index in [-0.39, 0.29) is 12.0 Å². The number of nitrogens with zero attached hydrogens (tertiary/aromatic N) is 3. The third kappa shape index (κ3) is 5.27. The van der Waals surface area contributed by atoms with Crippen molar-refractivity contribution < 1.29 is 15.1 Å². The molecule has 4 N–H and O–H groups in total. The minimum Gasteiger partial charge on any atom is -0.370 e. The lowest BCUT2D eigenvalue weighted by atomic mass is 10.1. The van der Waals surface area contributed by atoms with Crippen LogP contribution in [0.5, 0.6) is 0 Å². The third-order valence-corrected chi connectivity index (χ3v) is 2.90. The Morgan fingerprint density at radius 2 is 1.82 bits per heavy atom. The second kappa shape index (κ2) is 8.45. The summed E-state index contributed by atoms with van der Waals surface area (Å²) < 4.78 is 0. The van der Waals surface area contributed by atoms with Gasteiger partial charge in [0.05, 0.1) is 5.69 Å². The molecular weight excluding hydrogens is 290 g/mol. The van der Waals surface area contributed by atoms with E-state index in [9.17, 15) is 4.79 Å². The highest BCUT2D eigenvalue weighted by molar-refractivity contribution is 6.02. The minimum absolute atomic E-state index is 0.260. The summed E-state index contributed by atoms with van der Waals surface area (Å²) in [5.74, 6) is -0.260. The van der Waals surface area contributed by atoms with E-state index in [1.54, 1.807) is 4.90 Å². The molecule has 0 radical (unpaired) electrons. The molecular formula is C13H21N5O4. The van der Waals surface area contributed by atoms with Crippen molar-refractivity contribution in [2.24, 2.45) is 5.73 Å². The second-order valence-electron chi connectivity index (χ2n) is 4.45. The lowest BCUT2D eigenvalue weighted by molar-refractivity contribution is -0.742. The first kappa shape index (κ1) is 19.2. The molecule has 0 atom stereocenters. The smallest absolute Gasteiger partial charge is 0.331 e. The summed E-state index contributed by atoms with van der Waals surface area (Å²) in [6, 6.07) is 5.60. The van der Waals surface area contributed by atoms with Gasteiger partial charge in [0.2, 0.25) is 0 Å². The normalized spacial score (nSPS) is 9.27. The summed E-state index contributed by atoms with van der Waals surface area (Å²) in [7, 11) is 1.50. The van der Waals surface area contributed by atoms with Gasteiger partial charge in [-0.25, -0.2) is 4.79 Å². The first-order chi connectivity index (χ1) is 10.1. The first-order valence-corrected chi connectivity index (χ1v) is 6.42. The summed E-state index contributed by atoms with van der Waals surface area (Å²) in [6.45, 7) is 6.36. The van der Waals surface area contributed by atoms with Crippen LogP contribution in [0.2, 0.25) is 0 Å². The zero-order valence-electron chi connectivity index (χ0n) is 13.0. The fraction of sp³-hybridized carbons (Fsp3) is 0.385. The van der Waals surface area contributed by atoms with Gasteiger partial charge in [0.25, 0.3) is 5.09 Å². The van der Waals surface area contributed by atoms with Crippen LogP contribution in [-0.2, 0) is 0 Å². The van der Waals surface area contributed by atoms with Crippen LogP contribution in [0.4, 0.5) is 10.5 Å². The van der Waals surface area contributed by atoms with E-state index in [2.05, 4.69) is 0 Å². The molecule has 122 valence electrons. The number of carbonyl (C=O) groups excluding carboxylic acids is 1. The first-order valence-electron chi connectivity index (χ1n) is 6.42. The summed E-state index contributed by atoms with van der Waals surface area (Å²) in [6.07, 6.45) is 0. The van der Waals surface area contributed by atoms with Crippen molar-refractivity contribution in [1.82, 2.24) is 4.90 Å². The van der Waals surface area contributed by atoms with E-state index in [1.807, 2.05) is 39.0 Å². The quantitative estimate of drug-likeness (QED) is 0.330. The predicted octanol–water partition coefficient (Wildman–Crippen LogP) is 1.73. The van der Waals surface area contributed by atoms with Gasteiger partial charge in [0.15, 0.2) is 5.96 Å². The SMILES string of the molecule is CCN(C(=O)N(C)C(=N)N)c1c(C)cccc1C.O=[N+]([O-])O. The molecule has 9 nitrogen and oxygen atoms in total. The van der Waals surface area contributed by atoms with E-state index in [0.29, 0.717) is 6.54 Å². The number of amides is 2. The predicted molar refractivity (Wildman–Crippen MR) is 82.8 cm³/mol. The van der Waals surface area contributed by atoms with Crippen LogP contribution in [0.1, 0.15) is 18.1 Å². The van der Waals surface area contributed by atoms with Crippen molar-refractivity contribution in [2.45, 2.75) is 20.8 Å². The molecule has 2 amide bonds. The number of rotatable bonds is 2. The van der Waals surface area contributed by atoms with E-state index >= 15 is 0 Å². The maximum absolute atomic E-state index is 12.3. The van der Waals surface area contributed by atoms with E-state index in [0.717, 1.165) is 21.7 Å². The number of hydrogen-bond donors (Lipinski definition) is 3. The summed E-state index contributed by atoms with van der Waals surface area (Å²) in [4.78, 5) is 23.4. The van der Waals surface area contributed by atoms with Gasteiger partial charge in [-0.15, -0.1) is 10.1 Å². The number of benzene rings is 1. The fourth-order valence-corrected chi connectivity index (χ4v) is 1.90. The van der Waals surface area contributed by atoms with Gasteiger partial charge >= 0.3 is 6.03 Å². The molecule has 0 aliphatic rings. The number of guanidine groups is 1. The van der Waals surface area contributed by atoms with Crippen molar-refractivity contribution in [1.29, 1.82) is 5.41 Å². The lowest BCUT2D eigenvalue weighted by Crippen LogP contribution is -2.47. The number of carbonyl (C=O) groups is 1. The van der Waals surface area contributed by atoms with Gasteiger partial charge in [-0.3, -0.25) is 15.2 Å². The van der Waals surface area contributed by atoms with Gasteiger partial charge < -0.3 is 10.9 Å². The van der Waals surface area contributed by atoms with Gasteiger partial charge in [-0.2, -0.15) is 0 Å².